The summed E-state index contributed by atoms with van der Waals surface area (Å²) in [6.45, 7) is 2.84. The third-order valence-electron chi connectivity index (χ3n) is 3.23. The molecule has 1 aliphatic heterocycles. The van der Waals surface area contributed by atoms with Crippen molar-refractivity contribution in [3.63, 3.8) is 0 Å². The van der Waals surface area contributed by atoms with Crippen molar-refractivity contribution in [1.82, 2.24) is 9.84 Å². The Kier molecular flexibility index (Phi) is 3.73. The number of halogens is 1. The average Bonchev–Trinajstić information content (AvgIpc) is 2.80. The monoisotopic (exact) mass is 282 g/mol. The summed E-state index contributed by atoms with van der Waals surface area (Å²) in [5, 5.41) is 12.3. The maximum Gasteiger partial charge on any atom is 0.127 e. The van der Waals surface area contributed by atoms with Crippen LogP contribution in [0.25, 0.3) is 10.8 Å². The summed E-state index contributed by atoms with van der Waals surface area (Å²) >= 11 is 1.65. The van der Waals surface area contributed by atoms with Crippen LogP contribution >= 0.6 is 24.4 Å². The Hall–Kier alpha value is -0.940. The summed E-state index contributed by atoms with van der Waals surface area (Å²) in [6.07, 6.45) is 0. The fourth-order valence-corrected chi connectivity index (χ4v) is 3.33. The molecule has 0 amide bonds. The van der Waals surface area contributed by atoms with Gasteiger partial charge >= 0.3 is 0 Å². The molecular formula is C13H15ClN2OS. The van der Waals surface area contributed by atoms with E-state index in [0.29, 0.717) is 5.75 Å². The second-order valence-corrected chi connectivity index (χ2v) is 5.21. The predicted molar refractivity (Wildman–Crippen MR) is 78.1 cm³/mol. The van der Waals surface area contributed by atoms with Gasteiger partial charge in [0.2, 0.25) is 0 Å². The van der Waals surface area contributed by atoms with E-state index in [1.54, 1.807) is 11.9 Å². The molecule has 3 rings (SSSR count). The highest BCUT2D eigenvalue weighted by Gasteiger charge is 2.25. The van der Waals surface area contributed by atoms with E-state index >= 15 is 0 Å². The van der Waals surface area contributed by atoms with Crippen LogP contribution in [-0.4, -0.2) is 16.6 Å². The van der Waals surface area contributed by atoms with E-state index in [0.717, 1.165) is 22.9 Å². The van der Waals surface area contributed by atoms with Gasteiger partial charge in [-0.3, -0.25) is 0 Å². The molecular weight excluding hydrogens is 268 g/mol. The molecule has 96 valence electrons. The van der Waals surface area contributed by atoms with Crippen LogP contribution in [0.15, 0.2) is 29.2 Å². The van der Waals surface area contributed by atoms with Gasteiger partial charge in [0.05, 0.1) is 6.54 Å². The van der Waals surface area contributed by atoms with Crippen LogP contribution in [0.4, 0.5) is 0 Å². The number of phenolic OH excluding ortho intramolecular Hbond substituents is 1. The minimum atomic E-state index is 0. The normalized spacial score (nSPS) is 14.6. The lowest BCUT2D eigenvalue weighted by molar-refractivity contribution is 0.393. The Labute approximate surface area is 117 Å². The molecule has 1 heterocycles. The fraction of sp³-hybridized carbons (Fsp3) is 0.231. The van der Waals surface area contributed by atoms with Gasteiger partial charge < -0.3 is 5.11 Å². The smallest absolute Gasteiger partial charge is 0.127 e. The Morgan fingerprint density at radius 3 is 2.61 bits per heavy atom. The molecule has 0 spiro atoms. The number of hydrogen-bond donors (Lipinski definition) is 2. The van der Waals surface area contributed by atoms with Crippen LogP contribution in [0.3, 0.4) is 0 Å². The number of rotatable bonds is 1. The molecule has 0 aliphatic carbocycles. The summed E-state index contributed by atoms with van der Waals surface area (Å²) < 4.78 is 2.07. The first kappa shape index (κ1) is 13.5. The predicted octanol–water partition coefficient (Wildman–Crippen LogP) is 3.23. The lowest BCUT2D eigenvalue weighted by atomic mass is 10.00. The largest absolute Gasteiger partial charge is 0.507 e. The minimum absolute atomic E-state index is 0. The van der Waals surface area contributed by atoms with E-state index < -0.39 is 0 Å². The Bertz CT molecular complexity index is 603. The molecule has 2 aromatic rings. The molecule has 0 saturated heterocycles. The van der Waals surface area contributed by atoms with Gasteiger partial charge in [0.15, 0.2) is 0 Å². The number of hydrogen-bond acceptors (Lipinski definition) is 4. The number of phenols is 1. The topological polar surface area (TPSA) is 35.5 Å². The van der Waals surface area contributed by atoms with Crippen molar-refractivity contribution in [2.45, 2.75) is 18.4 Å². The van der Waals surface area contributed by atoms with Crippen molar-refractivity contribution in [1.29, 1.82) is 0 Å². The zero-order valence-corrected chi connectivity index (χ0v) is 11.9. The first-order valence-corrected chi connectivity index (χ1v) is 6.35. The van der Waals surface area contributed by atoms with E-state index in [-0.39, 0.29) is 12.4 Å². The van der Waals surface area contributed by atoms with Crippen molar-refractivity contribution >= 4 is 35.1 Å². The van der Waals surface area contributed by atoms with Crippen molar-refractivity contribution < 1.29 is 5.11 Å². The molecule has 0 saturated carbocycles. The number of aromatic hydroxyl groups is 1. The molecule has 0 unspecified atom stereocenters. The molecule has 2 aromatic carbocycles. The Morgan fingerprint density at radius 2 is 1.94 bits per heavy atom. The van der Waals surface area contributed by atoms with Crippen LogP contribution in [0.1, 0.15) is 11.1 Å². The van der Waals surface area contributed by atoms with Gasteiger partial charge in [-0.15, -0.1) is 12.4 Å². The van der Waals surface area contributed by atoms with Gasteiger partial charge in [-0.2, -0.15) is 4.41 Å². The van der Waals surface area contributed by atoms with Crippen molar-refractivity contribution in [2.24, 2.45) is 0 Å². The molecule has 1 aliphatic rings. The lowest BCUT2D eigenvalue weighted by Crippen LogP contribution is -2.23. The zero-order chi connectivity index (χ0) is 12.0. The maximum atomic E-state index is 10.2. The fourth-order valence-electron chi connectivity index (χ4n) is 2.30. The van der Waals surface area contributed by atoms with E-state index in [1.165, 1.54) is 10.5 Å². The summed E-state index contributed by atoms with van der Waals surface area (Å²) in [6, 6.07) is 8.04. The lowest BCUT2D eigenvalue weighted by Gasteiger charge is -2.10. The SMILES string of the molecule is CNN1Cc2c(c(C)c(O)c3ccccc23)S1.Cl. The van der Waals surface area contributed by atoms with Crippen molar-refractivity contribution in [3.05, 3.63) is 35.4 Å². The summed E-state index contributed by atoms with van der Waals surface area (Å²) in [4.78, 5) is 1.18. The highest BCUT2D eigenvalue weighted by atomic mass is 35.5. The number of fused-ring (bicyclic) bond motifs is 3. The molecule has 2 N–H and O–H groups in total. The second kappa shape index (κ2) is 4.97. The molecule has 5 heteroatoms. The summed E-state index contributed by atoms with van der Waals surface area (Å²) in [5.41, 5.74) is 5.41. The van der Waals surface area contributed by atoms with Gasteiger partial charge in [-0.05, 0) is 36.9 Å². The molecule has 0 radical (unpaired) electrons. The molecule has 0 fully saturated rings. The maximum absolute atomic E-state index is 10.2. The number of nitrogens with zero attached hydrogens (tertiary/aromatic N) is 1. The third kappa shape index (κ3) is 1.86. The van der Waals surface area contributed by atoms with E-state index in [4.69, 9.17) is 0 Å². The Balaban J connectivity index is 0.00000120. The van der Waals surface area contributed by atoms with Gasteiger partial charge in [0.1, 0.15) is 5.75 Å². The average molecular weight is 283 g/mol. The second-order valence-electron chi connectivity index (χ2n) is 4.18. The molecule has 0 bridgehead atoms. The molecule has 3 nitrogen and oxygen atoms in total. The molecule has 18 heavy (non-hydrogen) atoms. The van der Waals surface area contributed by atoms with E-state index in [2.05, 4.69) is 15.9 Å². The summed E-state index contributed by atoms with van der Waals surface area (Å²) in [7, 11) is 1.91. The third-order valence-corrected chi connectivity index (χ3v) is 4.50. The van der Waals surface area contributed by atoms with Crippen LogP contribution in [-0.2, 0) is 6.54 Å². The van der Waals surface area contributed by atoms with Crippen LogP contribution < -0.4 is 5.43 Å². The Morgan fingerprint density at radius 1 is 1.28 bits per heavy atom. The van der Waals surface area contributed by atoms with Gasteiger partial charge in [-0.1, -0.05) is 24.3 Å². The first-order valence-electron chi connectivity index (χ1n) is 5.58. The number of hydrazine groups is 1. The van der Waals surface area contributed by atoms with Gasteiger partial charge in [-0.25, -0.2) is 5.43 Å². The van der Waals surface area contributed by atoms with Crippen LogP contribution in [0, 0.1) is 6.92 Å². The quantitative estimate of drug-likeness (QED) is 0.787. The highest BCUT2D eigenvalue weighted by molar-refractivity contribution is 7.97. The van der Waals surface area contributed by atoms with E-state index in [9.17, 15) is 5.11 Å². The number of nitrogens with one attached hydrogen (secondary N) is 1. The molecule has 0 atom stereocenters. The molecule has 0 aromatic heterocycles. The van der Waals surface area contributed by atoms with Crippen molar-refractivity contribution in [2.75, 3.05) is 7.05 Å². The zero-order valence-electron chi connectivity index (χ0n) is 10.2. The van der Waals surface area contributed by atoms with Crippen molar-refractivity contribution in [3.8, 4) is 5.75 Å². The summed E-state index contributed by atoms with van der Waals surface area (Å²) in [5.74, 6) is 0.407. The highest BCUT2D eigenvalue weighted by Crippen LogP contribution is 2.45. The van der Waals surface area contributed by atoms with Gasteiger partial charge in [0.25, 0.3) is 0 Å². The standard InChI is InChI=1S/C13H14N2OS.ClH/c1-8-12(16)10-6-4-3-5-9(10)11-7-15(14-2)17-13(8)11;/h3-6,14,16H,7H2,1-2H3;1H. The van der Waals surface area contributed by atoms with Crippen LogP contribution in [0.2, 0.25) is 0 Å². The van der Waals surface area contributed by atoms with Crippen LogP contribution in [0.5, 0.6) is 5.75 Å². The number of benzene rings is 2. The minimum Gasteiger partial charge on any atom is -0.507 e. The first-order chi connectivity index (χ1) is 8.22. The van der Waals surface area contributed by atoms with E-state index in [1.807, 2.05) is 32.2 Å². The van der Waals surface area contributed by atoms with Gasteiger partial charge in [0, 0.05) is 15.8 Å².